The highest BCUT2D eigenvalue weighted by Crippen LogP contribution is 2.55. The van der Waals surface area contributed by atoms with Crippen LogP contribution in [0.4, 0.5) is 5.00 Å². The summed E-state index contributed by atoms with van der Waals surface area (Å²) in [6, 6.07) is 6.61. The van der Waals surface area contributed by atoms with Crippen LogP contribution in [-0.2, 0) is 29.5 Å². The highest BCUT2D eigenvalue weighted by molar-refractivity contribution is 7.16. The molecule has 0 unspecified atom stereocenters. The van der Waals surface area contributed by atoms with Gasteiger partial charge < -0.3 is 19.7 Å². The van der Waals surface area contributed by atoms with Gasteiger partial charge in [-0.05, 0) is 96.4 Å². The SMILES string of the molecule is C[C@H](Oc1cc(-c2ccn(C[C@@H]3CCCO3)n2)nc(-c2noc3c2CCC[C@@]32CCCc3sc(N)c(C#N)c32)n1)[C@@H]1CCCN1C. The van der Waals surface area contributed by atoms with Crippen molar-refractivity contribution in [2.75, 3.05) is 25.9 Å². The van der Waals surface area contributed by atoms with E-state index < -0.39 is 5.41 Å². The fraction of sp³-hybridized carbons (Fsp3) is 0.559. The van der Waals surface area contributed by atoms with E-state index in [1.54, 1.807) is 11.3 Å². The second-order valence-corrected chi connectivity index (χ2v) is 14.5. The molecule has 8 rings (SSSR count). The summed E-state index contributed by atoms with van der Waals surface area (Å²) in [5.41, 5.74) is 10.7. The zero-order chi connectivity index (χ0) is 31.4. The van der Waals surface area contributed by atoms with Crippen molar-refractivity contribution in [3.8, 4) is 34.9 Å². The molecule has 0 radical (unpaired) electrons. The molecule has 0 bridgehead atoms. The lowest BCUT2D eigenvalue weighted by Crippen LogP contribution is -2.38. The molecule has 0 amide bonds. The number of nitrogens with two attached hydrogens (primary N) is 1. The maximum absolute atomic E-state index is 10.1. The quantitative estimate of drug-likeness (QED) is 0.275. The molecule has 240 valence electrons. The van der Waals surface area contributed by atoms with E-state index >= 15 is 0 Å². The summed E-state index contributed by atoms with van der Waals surface area (Å²) in [5.74, 6) is 1.81. The number of nitriles is 1. The zero-order valence-electron chi connectivity index (χ0n) is 26.5. The largest absolute Gasteiger partial charge is 0.473 e. The number of fused-ring (bicyclic) bond motifs is 4. The standard InChI is InChI=1S/C34H40N8O3S/c1-20(26-9-5-14-41(26)2)44-28-17-25(24-11-15-42(39-24)19-21-7-6-16-43-21)37-33(38-28)30-22-8-3-12-34(31(22)45-40-30)13-4-10-27-29(34)23(18-35)32(36)46-27/h11,15,17,20-21,26H,3-10,12-14,16,19,36H2,1-2H3/t20-,21-,26-,34-/m0/s1. The van der Waals surface area contributed by atoms with E-state index in [9.17, 15) is 5.26 Å². The summed E-state index contributed by atoms with van der Waals surface area (Å²) in [5, 5.41) is 20.2. The summed E-state index contributed by atoms with van der Waals surface area (Å²) >= 11 is 1.55. The van der Waals surface area contributed by atoms with Crippen molar-refractivity contribution in [1.29, 1.82) is 5.26 Å². The zero-order valence-corrected chi connectivity index (χ0v) is 27.3. The summed E-state index contributed by atoms with van der Waals surface area (Å²) < 4.78 is 20.6. The molecule has 4 aromatic heterocycles. The van der Waals surface area contributed by atoms with Gasteiger partial charge in [-0.15, -0.1) is 11.3 Å². The van der Waals surface area contributed by atoms with Crippen LogP contribution in [-0.4, -0.2) is 68.3 Å². The van der Waals surface area contributed by atoms with Crippen molar-refractivity contribution in [3.63, 3.8) is 0 Å². The first-order valence-electron chi connectivity index (χ1n) is 16.7. The van der Waals surface area contributed by atoms with E-state index in [-0.39, 0.29) is 12.2 Å². The van der Waals surface area contributed by atoms with Gasteiger partial charge in [-0.2, -0.15) is 15.3 Å². The highest BCUT2D eigenvalue weighted by Gasteiger charge is 2.49. The number of anilines is 1. The van der Waals surface area contributed by atoms with Gasteiger partial charge in [0.2, 0.25) is 5.88 Å². The molecule has 4 aromatic rings. The molecule has 4 atom stereocenters. The monoisotopic (exact) mass is 640 g/mol. The Morgan fingerprint density at radius 2 is 2.04 bits per heavy atom. The normalized spacial score (nSPS) is 25.0. The molecule has 0 aromatic carbocycles. The summed E-state index contributed by atoms with van der Waals surface area (Å²) in [7, 11) is 2.15. The first-order chi connectivity index (χ1) is 22.4. The van der Waals surface area contributed by atoms with Crippen LogP contribution in [0.2, 0.25) is 0 Å². The van der Waals surface area contributed by atoms with Gasteiger partial charge >= 0.3 is 0 Å². The molecule has 1 spiro atoms. The molecule has 2 fully saturated rings. The fourth-order valence-corrected chi connectivity index (χ4v) is 9.50. The second kappa shape index (κ2) is 11.8. The number of likely N-dealkylation sites (tertiary alicyclic amines) is 1. The van der Waals surface area contributed by atoms with Gasteiger partial charge in [0, 0.05) is 35.4 Å². The number of rotatable bonds is 7. The van der Waals surface area contributed by atoms with E-state index in [2.05, 4.69) is 30.1 Å². The Morgan fingerprint density at radius 3 is 2.83 bits per heavy atom. The van der Waals surface area contributed by atoms with Crippen molar-refractivity contribution in [1.82, 2.24) is 29.8 Å². The van der Waals surface area contributed by atoms with E-state index in [1.807, 2.05) is 23.0 Å². The number of hydrogen-bond acceptors (Lipinski definition) is 11. The lowest BCUT2D eigenvalue weighted by atomic mass is 9.63. The number of likely N-dealkylation sites (N-methyl/N-ethyl adjacent to an activating group) is 1. The fourth-order valence-electron chi connectivity index (χ4n) is 8.33. The molecular formula is C34H40N8O3S. The van der Waals surface area contributed by atoms with Crippen LogP contribution in [0.15, 0.2) is 22.9 Å². The number of thiophene rings is 1. The van der Waals surface area contributed by atoms with Crippen molar-refractivity contribution >= 4 is 16.3 Å². The van der Waals surface area contributed by atoms with Gasteiger partial charge in [0.1, 0.15) is 22.9 Å². The molecule has 2 N–H and O–H groups in total. The third-order valence-corrected chi connectivity index (χ3v) is 11.6. The molecule has 12 heteroatoms. The van der Waals surface area contributed by atoms with Crippen LogP contribution in [0.5, 0.6) is 5.88 Å². The Hall–Kier alpha value is -3.79. The molecule has 46 heavy (non-hydrogen) atoms. The lowest BCUT2D eigenvalue weighted by molar-refractivity contribution is 0.0940. The van der Waals surface area contributed by atoms with Crippen molar-refractivity contribution < 1.29 is 14.0 Å². The van der Waals surface area contributed by atoms with Crippen molar-refractivity contribution in [2.24, 2.45) is 0 Å². The minimum absolute atomic E-state index is 0.0521. The van der Waals surface area contributed by atoms with Gasteiger partial charge in [0.25, 0.3) is 0 Å². The number of ether oxygens (including phenoxy) is 2. The van der Waals surface area contributed by atoms with Gasteiger partial charge in [0.15, 0.2) is 17.3 Å². The van der Waals surface area contributed by atoms with E-state index in [0.717, 1.165) is 99.9 Å². The summed E-state index contributed by atoms with van der Waals surface area (Å²) in [6.07, 6.45) is 12.0. The predicted molar refractivity (Wildman–Crippen MR) is 174 cm³/mol. The van der Waals surface area contributed by atoms with Gasteiger partial charge in [0.05, 0.1) is 29.3 Å². The van der Waals surface area contributed by atoms with Crippen LogP contribution in [0.25, 0.3) is 22.9 Å². The summed E-state index contributed by atoms with van der Waals surface area (Å²) in [6.45, 7) is 4.71. The Balaban J connectivity index is 1.20. The van der Waals surface area contributed by atoms with Crippen molar-refractivity contribution in [2.45, 2.75) is 101 Å². The third-order valence-electron chi connectivity index (χ3n) is 10.5. The van der Waals surface area contributed by atoms with E-state index in [0.29, 0.717) is 46.2 Å². The second-order valence-electron chi connectivity index (χ2n) is 13.4. The van der Waals surface area contributed by atoms with Gasteiger partial charge in [-0.1, -0.05) is 5.16 Å². The molecule has 0 saturated carbocycles. The Morgan fingerprint density at radius 1 is 1.17 bits per heavy atom. The Labute approximate surface area is 272 Å². The topological polar surface area (TPSA) is 141 Å². The number of nitrogens with zero attached hydrogens (tertiary/aromatic N) is 7. The highest BCUT2D eigenvalue weighted by atomic mass is 32.1. The van der Waals surface area contributed by atoms with Crippen LogP contribution in [0, 0.1) is 11.3 Å². The van der Waals surface area contributed by atoms with E-state index in [4.69, 9.17) is 34.8 Å². The summed E-state index contributed by atoms with van der Waals surface area (Å²) in [4.78, 5) is 13.5. The van der Waals surface area contributed by atoms with Crippen LogP contribution in [0.3, 0.4) is 0 Å². The minimum atomic E-state index is -0.412. The lowest BCUT2D eigenvalue weighted by Gasteiger charge is -2.39. The van der Waals surface area contributed by atoms with Gasteiger partial charge in [-0.25, -0.2) is 4.98 Å². The smallest absolute Gasteiger partial charge is 0.217 e. The van der Waals surface area contributed by atoms with E-state index in [1.165, 1.54) is 4.88 Å². The molecular weight excluding hydrogens is 600 g/mol. The van der Waals surface area contributed by atoms with Crippen molar-refractivity contribution in [3.05, 3.63) is 45.7 Å². The molecule has 11 nitrogen and oxygen atoms in total. The molecule has 4 aliphatic rings. The maximum atomic E-state index is 10.1. The average Bonchev–Trinajstić information content (AvgIpc) is 3.88. The minimum Gasteiger partial charge on any atom is -0.473 e. The number of hydrogen-bond donors (Lipinski definition) is 1. The number of nitrogen functional groups attached to an aromatic ring is 1. The molecule has 2 aliphatic carbocycles. The third kappa shape index (κ3) is 5.00. The predicted octanol–water partition coefficient (Wildman–Crippen LogP) is 5.51. The first-order valence-corrected chi connectivity index (χ1v) is 17.5. The first kappa shape index (κ1) is 29.6. The average molecular weight is 641 g/mol. The number of aryl methyl sites for hydroxylation is 1. The maximum Gasteiger partial charge on any atom is 0.217 e. The molecule has 2 saturated heterocycles. The van der Waals surface area contributed by atoms with Gasteiger partial charge in [-0.3, -0.25) is 9.58 Å². The van der Waals surface area contributed by atoms with Crippen LogP contribution in [0.1, 0.15) is 85.6 Å². The van der Waals surface area contributed by atoms with Crippen LogP contribution < -0.4 is 10.5 Å². The molecule has 2 aliphatic heterocycles. The Kier molecular flexibility index (Phi) is 7.58. The Bertz CT molecular complexity index is 1800. The van der Waals surface area contributed by atoms with Crippen LogP contribution >= 0.6 is 11.3 Å². The molecule has 6 heterocycles. The number of aromatic nitrogens is 5.